The fourth-order valence-electron chi connectivity index (χ4n) is 5.12. The normalized spacial score (nSPS) is 23.2. The quantitative estimate of drug-likeness (QED) is 0.430. The highest BCUT2D eigenvalue weighted by molar-refractivity contribution is 7.21. The summed E-state index contributed by atoms with van der Waals surface area (Å²) in [6.45, 7) is 7.36. The molecule has 1 fully saturated rings. The van der Waals surface area contributed by atoms with Gasteiger partial charge in [0.2, 0.25) is 0 Å². The molecule has 0 spiro atoms. The van der Waals surface area contributed by atoms with Crippen LogP contribution in [-0.4, -0.2) is 66.5 Å². The Hall–Kier alpha value is -2.79. The van der Waals surface area contributed by atoms with E-state index in [9.17, 15) is 4.79 Å². The van der Waals surface area contributed by atoms with Gasteiger partial charge in [-0.25, -0.2) is 9.97 Å². The lowest BCUT2D eigenvalue weighted by Gasteiger charge is -2.27. The number of methoxy groups -OCH3 is 1. The number of hydrogen-bond acceptors (Lipinski definition) is 9. The Labute approximate surface area is 221 Å². The van der Waals surface area contributed by atoms with Crippen LogP contribution in [0.5, 0.6) is 0 Å². The fourth-order valence-corrected chi connectivity index (χ4v) is 6.16. The monoisotopic (exact) mass is 524 g/mol. The maximum atomic E-state index is 13.1. The minimum Gasteiger partial charge on any atom is -0.397 e. The average Bonchev–Trinajstić information content (AvgIpc) is 3.41. The van der Waals surface area contributed by atoms with Gasteiger partial charge >= 0.3 is 0 Å². The molecule has 1 amide bonds. The van der Waals surface area contributed by atoms with Crippen molar-refractivity contribution in [2.45, 2.75) is 70.4 Å². The molecule has 0 radical (unpaired) electrons. The zero-order chi connectivity index (χ0) is 26.3. The van der Waals surface area contributed by atoms with E-state index in [1.165, 1.54) is 16.9 Å². The van der Waals surface area contributed by atoms with Crippen molar-refractivity contribution in [2.75, 3.05) is 30.8 Å². The van der Waals surface area contributed by atoms with E-state index in [1.54, 1.807) is 7.11 Å². The number of anilines is 2. The summed E-state index contributed by atoms with van der Waals surface area (Å²) in [7, 11) is 1.69. The molecule has 37 heavy (non-hydrogen) atoms. The van der Waals surface area contributed by atoms with E-state index >= 15 is 0 Å². The Morgan fingerprint density at radius 2 is 2.00 bits per heavy atom. The summed E-state index contributed by atoms with van der Waals surface area (Å²) in [5, 5.41) is 4.02. The van der Waals surface area contributed by atoms with Crippen LogP contribution in [0.1, 0.15) is 46.9 Å². The summed E-state index contributed by atoms with van der Waals surface area (Å²) >= 11 is 1.35. The molecule has 2 aliphatic rings. The maximum Gasteiger partial charge on any atom is 0.263 e. The third-order valence-electron chi connectivity index (χ3n) is 7.58. The van der Waals surface area contributed by atoms with Crippen LogP contribution in [0.2, 0.25) is 0 Å². The molecule has 1 saturated heterocycles. The van der Waals surface area contributed by atoms with E-state index in [0.29, 0.717) is 23.7 Å². The van der Waals surface area contributed by atoms with Crippen molar-refractivity contribution in [3.05, 3.63) is 46.1 Å². The number of hydrogen-bond donors (Lipinski definition) is 3. The molecule has 3 aromatic rings. The molecule has 5 unspecified atom stereocenters. The number of pyridine rings is 2. The standard InChI is InChI=1S/C27H36N6O3S/c1-14-5-8-19-24(29)25(37-27(19)30-14)26(34)31-18-7-9-21-17(11-18)6-10-23(32-21)33-12-20(28)22(13-33)36-16(3)15(2)35-4/h5-6,8,10,15-16,18,20,22H,7,9,11-13,28-29H2,1-4H3,(H,31,34). The van der Waals surface area contributed by atoms with Crippen molar-refractivity contribution in [1.29, 1.82) is 0 Å². The minimum atomic E-state index is -0.134. The molecule has 10 heteroatoms. The van der Waals surface area contributed by atoms with Gasteiger partial charge in [0.1, 0.15) is 15.5 Å². The Kier molecular flexibility index (Phi) is 7.35. The molecular weight excluding hydrogens is 488 g/mol. The van der Waals surface area contributed by atoms with Gasteiger partial charge in [-0.2, -0.15) is 0 Å². The first-order valence-corrected chi connectivity index (χ1v) is 13.7. The van der Waals surface area contributed by atoms with Crippen LogP contribution in [0.15, 0.2) is 24.3 Å². The van der Waals surface area contributed by atoms with Gasteiger partial charge in [-0.3, -0.25) is 4.79 Å². The number of amides is 1. The predicted octanol–water partition coefficient (Wildman–Crippen LogP) is 2.83. The Morgan fingerprint density at radius 1 is 1.19 bits per heavy atom. The van der Waals surface area contributed by atoms with Gasteiger partial charge in [-0.1, -0.05) is 6.07 Å². The van der Waals surface area contributed by atoms with E-state index in [0.717, 1.165) is 46.7 Å². The molecule has 0 saturated carbocycles. The van der Waals surface area contributed by atoms with Gasteiger partial charge in [-0.15, -0.1) is 11.3 Å². The van der Waals surface area contributed by atoms with E-state index in [2.05, 4.69) is 27.3 Å². The van der Waals surface area contributed by atoms with Gasteiger partial charge in [0, 0.05) is 43.0 Å². The number of thiophene rings is 1. The summed E-state index contributed by atoms with van der Waals surface area (Å²) < 4.78 is 11.6. The van der Waals surface area contributed by atoms with Crippen LogP contribution in [0.3, 0.4) is 0 Å². The molecule has 1 aliphatic heterocycles. The van der Waals surface area contributed by atoms with Crippen LogP contribution >= 0.6 is 11.3 Å². The highest BCUT2D eigenvalue weighted by atomic mass is 32.1. The lowest BCUT2D eigenvalue weighted by atomic mass is 9.91. The van der Waals surface area contributed by atoms with Gasteiger partial charge in [0.15, 0.2) is 0 Å². The Morgan fingerprint density at radius 3 is 2.78 bits per heavy atom. The van der Waals surface area contributed by atoms with Crippen LogP contribution in [0, 0.1) is 6.92 Å². The Balaban J connectivity index is 1.22. The molecule has 198 valence electrons. The van der Waals surface area contributed by atoms with Crippen LogP contribution in [0.4, 0.5) is 11.5 Å². The van der Waals surface area contributed by atoms with E-state index < -0.39 is 0 Å². The minimum absolute atomic E-state index is 0.00716. The summed E-state index contributed by atoms with van der Waals surface area (Å²) in [6, 6.07) is 7.99. The van der Waals surface area contributed by atoms with Crippen LogP contribution < -0.4 is 21.7 Å². The first-order chi connectivity index (χ1) is 17.7. The van der Waals surface area contributed by atoms with E-state index in [-0.39, 0.29) is 36.3 Å². The van der Waals surface area contributed by atoms with Gasteiger partial charge in [-0.05, 0) is 63.8 Å². The summed E-state index contributed by atoms with van der Waals surface area (Å²) in [5.41, 5.74) is 16.4. The lowest BCUT2D eigenvalue weighted by Crippen LogP contribution is -2.40. The lowest BCUT2D eigenvalue weighted by molar-refractivity contribution is -0.0713. The summed E-state index contributed by atoms with van der Waals surface area (Å²) in [6.07, 6.45) is 2.29. The number of ether oxygens (including phenoxy) is 2. The molecule has 3 aromatic heterocycles. The second-order valence-electron chi connectivity index (χ2n) is 10.2. The third kappa shape index (κ3) is 5.29. The van der Waals surface area contributed by atoms with Crippen molar-refractivity contribution < 1.29 is 14.3 Å². The van der Waals surface area contributed by atoms with Crippen molar-refractivity contribution >= 4 is 39.0 Å². The predicted molar refractivity (Wildman–Crippen MR) is 147 cm³/mol. The maximum absolute atomic E-state index is 13.1. The van der Waals surface area contributed by atoms with Gasteiger partial charge in [0.05, 0.1) is 30.0 Å². The molecule has 0 bridgehead atoms. The fraction of sp³-hybridized carbons (Fsp3) is 0.519. The van der Waals surface area contributed by atoms with E-state index in [4.69, 9.17) is 25.9 Å². The molecule has 0 aromatic carbocycles. The zero-order valence-electron chi connectivity index (χ0n) is 21.9. The van der Waals surface area contributed by atoms with Crippen LogP contribution in [0.25, 0.3) is 10.2 Å². The molecular formula is C27H36N6O3S. The highest BCUT2D eigenvalue weighted by Gasteiger charge is 2.34. The van der Waals surface area contributed by atoms with Gasteiger partial charge < -0.3 is 31.2 Å². The SMILES string of the molecule is COC(C)C(C)OC1CN(c2ccc3c(n2)CCC(NC(=O)c2sc4nc(C)ccc4c2N)C3)CC1N. The largest absolute Gasteiger partial charge is 0.397 e. The summed E-state index contributed by atoms with van der Waals surface area (Å²) in [4.78, 5) is 26.1. The first-order valence-electron chi connectivity index (χ1n) is 12.9. The second-order valence-corrected chi connectivity index (χ2v) is 11.2. The zero-order valence-corrected chi connectivity index (χ0v) is 22.7. The molecule has 5 atom stereocenters. The van der Waals surface area contributed by atoms with Crippen molar-refractivity contribution in [2.24, 2.45) is 5.73 Å². The van der Waals surface area contributed by atoms with Crippen molar-refractivity contribution in [3.63, 3.8) is 0 Å². The number of nitrogen functional groups attached to an aromatic ring is 1. The average molecular weight is 525 g/mol. The Bertz CT molecular complexity index is 1300. The number of aryl methyl sites for hydroxylation is 2. The second kappa shape index (κ2) is 10.5. The number of fused-ring (bicyclic) bond motifs is 2. The number of carbonyl (C=O) groups excluding carboxylic acids is 1. The smallest absolute Gasteiger partial charge is 0.263 e. The molecule has 9 nitrogen and oxygen atoms in total. The van der Waals surface area contributed by atoms with E-state index in [1.807, 2.05) is 32.9 Å². The number of nitrogens with one attached hydrogen (secondary N) is 1. The third-order valence-corrected chi connectivity index (χ3v) is 8.69. The van der Waals surface area contributed by atoms with Gasteiger partial charge in [0.25, 0.3) is 5.91 Å². The van der Waals surface area contributed by atoms with Crippen LogP contribution in [-0.2, 0) is 22.3 Å². The number of carbonyl (C=O) groups is 1. The number of aromatic nitrogens is 2. The number of nitrogens with zero attached hydrogens (tertiary/aromatic N) is 3. The summed E-state index contributed by atoms with van der Waals surface area (Å²) in [5.74, 6) is 0.793. The first kappa shape index (κ1) is 25.8. The molecule has 5 rings (SSSR count). The highest BCUT2D eigenvalue weighted by Crippen LogP contribution is 2.33. The number of rotatable bonds is 7. The molecule has 1 aliphatic carbocycles. The van der Waals surface area contributed by atoms with Crippen molar-refractivity contribution in [3.8, 4) is 0 Å². The molecule has 5 N–H and O–H groups in total. The topological polar surface area (TPSA) is 129 Å². The van der Waals surface area contributed by atoms with Crippen molar-refractivity contribution in [1.82, 2.24) is 15.3 Å². The number of nitrogens with two attached hydrogens (primary N) is 2. The molecule has 4 heterocycles.